The van der Waals surface area contributed by atoms with E-state index in [9.17, 15) is 18.0 Å². The second-order valence-corrected chi connectivity index (χ2v) is 9.61. The highest BCUT2D eigenvalue weighted by molar-refractivity contribution is 7.87. The molecule has 2 amide bonds. The Morgan fingerprint density at radius 3 is 2.36 bits per heavy atom. The number of alkyl carbamates (subject to hydrolysis) is 1. The third-order valence-corrected chi connectivity index (χ3v) is 5.51. The molecule has 1 fully saturated rings. The van der Waals surface area contributed by atoms with E-state index in [2.05, 4.69) is 14.8 Å². The van der Waals surface area contributed by atoms with Gasteiger partial charge < -0.3 is 20.7 Å². The van der Waals surface area contributed by atoms with Crippen molar-refractivity contribution in [3.63, 3.8) is 0 Å². The number of nitrogens with two attached hydrogens (primary N) is 1. The number of nitrogens with zero attached hydrogens (tertiary/aromatic N) is 1. The zero-order valence-electron chi connectivity index (χ0n) is 17.3. The summed E-state index contributed by atoms with van der Waals surface area (Å²) in [6, 6.07) is -0.774. The van der Waals surface area contributed by atoms with Gasteiger partial charge >= 0.3 is 6.09 Å². The van der Waals surface area contributed by atoms with Gasteiger partial charge in [0.15, 0.2) is 0 Å². The van der Waals surface area contributed by atoms with Crippen molar-refractivity contribution in [2.24, 2.45) is 5.73 Å². The van der Waals surface area contributed by atoms with Crippen LogP contribution in [0.1, 0.15) is 52.9 Å². The van der Waals surface area contributed by atoms with Crippen LogP contribution in [0.15, 0.2) is 0 Å². The Bertz CT molecular complexity index is 612. The van der Waals surface area contributed by atoms with E-state index >= 15 is 0 Å². The fraction of sp³-hybridized carbons (Fsp3) is 0.882. The average molecular weight is 422 g/mol. The van der Waals surface area contributed by atoms with Gasteiger partial charge in [0.25, 0.3) is 10.2 Å². The second-order valence-electron chi connectivity index (χ2n) is 7.96. The van der Waals surface area contributed by atoms with Crippen molar-refractivity contribution in [1.29, 1.82) is 0 Å². The Morgan fingerprint density at radius 2 is 1.82 bits per heavy atom. The summed E-state index contributed by atoms with van der Waals surface area (Å²) >= 11 is 0. The highest BCUT2D eigenvalue weighted by Crippen LogP contribution is 2.13. The van der Waals surface area contributed by atoms with E-state index in [1.807, 2.05) is 0 Å². The van der Waals surface area contributed by atoms with Crippen LogP contribution >= 0.6 is 0 Å². The van der Waals surface area contributed by atoms with Gasteiger partial charge in [-0.3, -0.25) is 4.79 Å². The van der Waals surface area contributed by atoms with Crippen LogP contribution in [0.3, 0.4) is 0 Å². The van der Waals surface area contributed by atoms with Crippen LogP contribution in [0.2, 0.25) is 0 Å². The van der Waals surface area contributed by atoms with Crippen molar-refractivity contribution in [2.75, 3.05) is 26.7 Å². The van der Waals surface area contributed by atoms with E-state index in [0.717, 1.165) is 0 Å². The van der Waals surface area contributed by atoms with E-state index < -0.39 is 27.9 Å². The van der Waals surface area contributed by atoms with Crippen molar-refractivity contribution in [3.05, 3.63) is 0 Å². The molecule has 164 valence electrons. The molecule has 1 unspecified atom stereocenters. The van der Waals surface area contributed by atoms with E-state index in [1.165, 1.54) is 7.05 Å². The van der Waals surface area contributed by atoms with Crippen LogP contribution < -0.4 is 20.5 Å². The fourth-order valence-electron chi connectivity index (χ4n) is 2.85. The molecule has 10 nitrogen and oxygen atoms in total. The number of ether oxygens (including phenoxy) is 1. The topological polar surface area (TPSA) is 143 Å². The summed E-state index contributed by atoms with van der Waals surface area (Å²) in [5, 5.41) is 2.68. The molecule has 28 heavy (non-hydrogen) atoms. The van der Waals surface area contributed by atoms with Gasteiger partial charge in [-0.05, 0) is 52.9 Å². The van der Waals surface area contributed by atoms with E-state index in [4.69, 9.17) is 10.5 Å². The fourth-order valence-corrected chi connectivity index (χ4v) is 3.64. The van der Waals surface area contributed by atoms with Crippen LogP contribution in [0.4, 0.5) is 4.79 Å². The predicted molar refractivity (Wildman–Crippen MR) is 107 cm³/mol. The summed E-state index contributed by atoms with van der Waals surface area (Å²) in [5.74, 6) is -0.116. The maximum Gasteiger partial charge on any atom is 0.407 e. The lowest BCUT2D eigenvalue weighted by atomic mass is 10.0. The Kier molecular flexibility index (Phi) is 9.61. The minimum Gasteiger partial charge on any atom is -0.444 e. The summed E-state index contributed by atoms with van der Waals surface area (Å²) in [7, 11) is -2.12. The van der Waals surface area contributed by atoms with Gasteiger partial charge in [-0.15, -0.1) is 0 Å². The first kappa shape index (κ1) is 24.6. The smallest absolute Gasteiger partial charge is 0.407 e. The average Bonchev–Trinajstić information content (AvgIpc) is 2.59. The largest absolute Gasteiger partial charge is 0.444 e. The van der Waals surface area contributed by atoms with Crippen molar-refractivity contribution in [3.8, 4) is 0 Å². The van der Waals surface area contributed by atoms with Crippen molar-refractivity contribution < 1.29 is 22.7 Å². The summed E-state index contributed by atoms with van der Waals surface area (Å²) in [6.45, 7) is 6.82. The van der Waals surface area contributed by atoms with Crippen LogP contribution in [0, 0.1) is 0 Å². The van der Waals surface area contributed by atoms with Gasteiger partial charge in [-0.25, -0.2) is 9.52 Å². The van der Waals surface area contributed by atoms with Gasteiger partial charge in [-0.2, -0.15) is 13.1 Å². The second kappa shape index (κ2) is 10.9. The zero-order valence-corrected chi connectivity index (χ0v) is 18.1. The minimum atomic E-state index is -3.47. The maximum absolute atomic E-state index is 12.4. The molecule has 0 spiro atoms. The van der Waals surface area contributed by atoms with Crippen molar-refractivity contribution in [2.45, 2.75) is 70.6 Å². The van der Waals surface area contributed by atoms with Crippen LogP contribution in [-0.2, 0) is 19.7 Å². The molecule has 1 aliphatic rings. The Balaban J connectivity index is 2.23. The monoisotopic (exact) mass is 421 g/mol. The van der Waals surface area contributed by atoms with Gasteiger partial charge in [0.05, 0.1) is 6.04 Å². The van der Waals surface area contributed by atoms with E-state index in [-0.39, 0.29) is 11.9 Å². The lowest BCUT2D eigenvalue weighted by Gasteiger charge is -2.33. The molecule has 0 aromatic heterocycles. The molecule has 11 heteroatoms. The normalized spacial score (nSPS) is 17.2. The van der Waals surface area contributed by atoms with Crippen LogP contribution in [-0.4, -0.2) is 69.7 Å². The minimum absolute atomic E-state index is 0.116. The first-order valence-corrected chi connectivity index (χ1v) is 11.1. The molecular weight excluding hydrogens is 386 g/mol. The van der Waals surface area contributed by atoms with Crippen molar-refractivity contribution >= 4 is 22.2 Å². The quantitative estimate of drug-likeness (QED) is 0.388. The Morgan fingerprint density at radius 1 is 1.21 bits per heavy atom. The molecule has 0 radical (unpaired) electrons. The van der Waals surface area contributed by atoms with Gasteiger partial charge in [0, 0.05) is 32.7 Å². The molecule has 1 heterocycles. The molecule has 1 saturated heterocycles. The third-order valence-electron chi connectivity index (χ3n) is 4.32. The highest BCUT2D eigenvalue weighted by Gasteiger charge is 2.27. The Hall–Kier alpha value is -1.43. The molecule has 1 rings (SSSR count). The number of piperidine rings is 1. The van der Waals surface area contributed by atoms with E-state index in [0.29, 0.717) is 51.7 Å². The lowest BCUT2D eigenvalue weighted by Crippen LogP contribution is -2.52. The Labute approximate surface area is 168 Å². The molecule has 0 aromatic carbocycles. The first-order chi connectivity index (χ1) is 12.9. The molecule has 5 N–H and O–H groups in total. The SMILES string of the molecule is CNS(=O)(=O)NC1CCN(C(=O)C(N)CCCCNC(=O)OC(C)(C)C)CC1. The molecule has 0 saturated carbocycles. The molecule has 0 aromatic rings. The third kappa shape index (κ3) is 9.67. The lowest BCUT2D eigenvalue weighted by molar-refractivity contribution is -0.133. The molecule has 1 atom stereocenters. The molecule has 1 aliphatic heterocycles. The number of amides is 2. The number of hydrogen-bond donors (Lipinski definition) is 4. The van der Waals surface area contributed by atoms with Crippen LogP contribution in [0.25, 0.3) is 0 Å². The number of unbranched alkanes of at least 4 members (excludes halogenated alkanes) is 1. The summed E-state index contributed by atoms with van der Waals surface area (Å²) < 4.78 is 32.9. The van der Waals surface area contributed by atoms with E-state index in [1.54, 1.807) is 25.7 Å². The van der Waals surface area contributed by atoms with Crippen LogP contribution in [0.5, 0.6) is 0 Å². The molecule has 0 bridgehead atoms. The zero-order chi connectivity index (χ0) is 21.4. The summed E-state index contributed by atoms with van der Waals surface area (Å²) in [4.78, 5) is 25.7. The summed E-state index contributed by atoms with van der Waals surface area (Å²) in [5.41, 5.74) is 5.48. The highest BCUT2D eigenvalue weighted by atomic mass is 32.2. The predicted octanol–water partition coefficient (Wildman–Crippen LogP) is 0.0535. The first-order valence-electron chi connectivity index (χ1n) is 9.65. The number of likely N-dealkylation sites (tertiary alicyclic amines) is 1. The van der Waals surface area contributed by atoms with Gasteiger partial charge in [-0.1, -0.05) is 0 Å². The maximum atomic E-state index is 12.4. The standard InChI is InChI=1S/C17H35N5O5S/c1-17(2,3)27-16(24)20-10-6-5-7-14(18)15(23)22-11-8-13(9-12-22)21-28(25,26)19-4/h13-14,19,21H,5-12,18H2,1-4H3,(H,20,24). The molecular formula is C17H35N5O5S. The summed E-state index contributed by atoms with van der Waals surface area (Å²) in [6.07, 6.45) is 2.60. The number of nitrogens with one attached hydrogen (secondary N) is 3. The molecule has 0 aliphatic carbocycles. The van der Waals surface area contributed by atoms with Gasteiger partial charge in [0.1, 0.15) is 5.60 Å². The number of rotatable bonds is 9. The van der Waals surface area contributed by atoms with Crippen molar-refractivity contribution in [1.82, 2.24) is 19.7 Å². The number of hydrogen-bond acceptors (Lipinski definition) is 6. The number of carbonyl (C=O) groups is 2. The van der Waals surface area contributed by atoms with Gasteiger partial charge in [0.2, 0.25) is 5.91 Å². The number of carbonyl (C=O) groups excluding carboxylic acids is 2.